The van der Waals surface area contributed by atoms with E-state index >= 15 is 0 Å². The highest BCUT2D eigenvalue weighted by molar-refractivity contribution is 6.39. The van der Waals surface area contributed by atoms with Crippen LogP contribution in [0.4, 0.5) is 17.2 Å². The molecule has 21 heavy (non-hydrogen) atoms. The fraction of sp³-hybridized carbons (Fsp3) is 0. The third-order valence-corrected chi connectivity index (χ3v) is 3.15. The number of anilines is 2. The highest BCUT2D eigenvalue weighted by atomic mass is 35.5. The van der Waals surface area contributed by atoms with Gasteiger partial charge in [-0.05, 0) is 12.1 Å². The normalized spacial score (nSPS) is 10.2. The van der Waals surface area contributed by atoms with E-state index in [0.29, 0.717) is 0 Å². The second kappa shape index (κ2) is 5.94. The molecule has 0 spiro atoms. The first-order chi connectivity index (χ1) is 9.90. The van der Waals surface area contributed by atoms with Crippen LogP contribution in [0.1, 0.15) is 10.4 Å². The molecule has 0 radical (unpaired) electrons. The lowest BCUT2D eigenvalue weighted by atomic mass is 10.2. The summed E-state index contributed by atoms with van der Waals surface area (Å²) >= 11 is 11.9. The Bertz CT molecular complexity index is 716. The monoisotopic (exact) mass is 327 g/mol. The van der Waals surface area contributed by atoms with E-state index in [1.165, 1.54) is 0 Å². The maximum absolute atomic E-state index is 11.2. The predicted molar refractivity (Wildman–Crippen MR) is 77.6 cm³/mol. The summed E-state index contributed by atoms with van der Waals surface area (Å²) < 4.78 is 0. The van der Waals surface area contributed by atoms with Crippen LogP contribution in [0.5, 0.6) is 0 Å². The Balaban J connectivity index is 2.49. The number of nitro groups is 1. The maximum atomic E-state index is 11.2. The number of para-hydroxylation sites is 1. The number of hydrogen-bond acceptors (Lipinski definition) is 5. The zero-order valence-electron chi connectivity index (χ0n) is 10.2. The minimum absolute atomic E-state index is 0.0944. The van der Waals surface area contributed by atoms with Gasteiger partial charge in [0.25, 0.3) is 5.69 Å². The van der Waals surface area contributed by atoms with Gasteiger partial charge in [-0.15, -0.1) is 0 Å². The van der Waals surface area contributed by atoms with Crippen molar-refractivity contribution in [3.8, 4) is 0 Å². The van der Waals surface area contributed by atoms with Gasteiger partial charge in [0, 0.05) is 6.07 Å². The number of carbonyl (C=O) groups is 1. The number of rotatable bonds is 4. The molecule has 0 saturated heterocycles. The molecule has 1 aromatic heterocycles. The topological polar surface area (TPSA) is 105 Å². The third-order valence-electron chi connectivity index (χ3n) is 2.52. The van der Waals surface area contributed by atoms with Crippen molar-refractivity contribution in [3.63, 3.8) is 0 Å². The summed E-state index contributed by atoms with van der Waals surface area (Å²) in [5, 5.41) is 23.0. The van der Waals surface area contributed by atoms with Gasteiger partial charge >= 0.3 is 5.97 Å². The van der Waals surface area contributed by atoms with Gasteiger partial charge in [-0.2, -0.15) is 0 Å². The average molecular weight is 328 g/mol. The van der Waals surface area contributed by atoms with Crippen LogP contribution in [-0.2, 0) is 0 Å². The number of nitrogens with one attached hydrogen (secondary N) is 1. The fourth-order valence-corrected chi connectivity index (χ4v) is 2.04. The van der Waals surface area contributed by atoms with Gasteiger partial charge in [-0.1, -0.05) is 29.3 Å². The van der Waals surface area contributed by atoms with E-state index in [1.807, 2.05) is 0 Å². The minimum atomic E-state index is -1.36. The highest BCUT2D eigenvalue weighted by Gasteiger charge is 2.19. The van der Waals surface area contributed by atoms with Crippen LogP contribution in [0.2, 0.25) is 10.0 Å². The first-order valence-corrected chi connectivity index (χ1v) is 6.24. The Kier molecular flexibility index (Phi) is 4.25. The summed E-state index contributed by atoms with van der Waals surface area (Å²) in [5.41, 5.74) is -0.520. The zero-order chi connectivity index (χ0) is 15.6. The molecule has 1 heterocycles. The largest absolute Gasteiger partial charge is 0.478 e. The Morgan fingerprint density at radius 2 is 1.95 bits per heavy atom. The number of aromatic carboxylic acids is 1. The molecule has 0 amide bonds. The molecule has 0 aliphatic heterocycles. The van der Waals surface area contributed by atoms with Crippen LogP contribution < -0.4 is 5.32 Å². The van der Waals surface area contributed by atoms with Crippen molar-refractivity contribution < 1.29 is 14.8 Å². The van der Waals surface area contributed by atoms with Crippen LogP contribution in [0.15, 0.2) is 30.5 Å². The molecule has 7 nitrogen and oxygen atoms in total. The predicted octanol–water partition coefficient (Wildman–Crippen LogP) is 3.74. The number of carboxylic acids is 1. The van der Waals surface area contributed by atoms with Crippen molar-refractivity contribution in [3.05, 3.63) is 56.2 Å². The number of halogens is 2. The van der Waals surface area contributed by atoms with Crippen molar-refractivity contribution in [2.45, 2.75) is 0 Å². The lowest BCUT2D eigenvalue weighted by molar-refractivity contribution is -0.385. The summed E-state index contributed by atoms with van der Waals surface area (Å²) in [7, 11) is 0. The lowest BCUT2D eigenvalue weighted by Crippen LogP contribution is -2.06. The molecule has 0 atom stereocenters. The van der Waals surface area contributed by atoms with Crippen LogP contribution in [0, 0.1) is 10.1 Å². The third kappa shape index (κ3) is 3.21. The van der Waals surface area contributed by atoms with Crippen LogP contribution >= 0.6 is 23.2 Å². The van der Waals surface area contributed by atoms with Crippen molar-refractivity contribution in [2.24, 2.45) is 0 Å². The molecule has 0 fully saturated rings. The first-order valence-electron chi connectivity index (χ1n) is 5.49. The van der Waals surface area contributed by atoms with E-state index in [9.17, 15) is 14.9 Å². The maximum Gasteiger partial charge on any atom is 0.339 e. The van der Waals surface area contributed by atoms with E-state index in [1.54, 1.807) is 18.2 Å². The second-order valence-corrected chi connectivity index (χ2v) is 4.69. The summed E-state index contributed by atoms with van der Waals surface area (Å²) in [5.74, 6) is -1.46. The molecule has 1 aromatic carbocycles. The number of carboxylic acid groups (broad SMARTS) is 1. The van der Waals surface area contributed by atoms with Crippen LogP contribution in [-0.4, -0.2) is 21.0 Å². The van der Waals surface area contributed by atoms with Gasteiger partial charge in [-0.25, -0.2) is 9.78 Å². The molecular weight excluding hydrogens is 321 g/mol. The van der Waals surface area contributed by atoms with Gasteiger partial charge in [-0.3, -0.25) is 10.1 Å². The molecule has 0 aliphatic carbocycles. The van der Waals surface area contributed by atoms with Crippen molar-refractivity contribution in [1.82, 2.24) is 4.98 Å². The summed E-state index contributed by atoms with van der Waals surface area (Å²) in [6, 6.07) is 5.64. The van der Waals surface area contributed by atoms with Gasteiger partial charge in [0.2, 0.25) is 0 Å². The van der Waals surface area contributed by atoms with E-state index in [-0.39, 0.29) is 27.1 Å². The Labute approximate surface area is 128 Å². The summed E-state index contributed by atoms with van der Waals surface area (Å²) in [6.45, 7) is 0. The Morgan fingerprint density at radius 3 is 2.48 bits per heavy atom. The fourth-order valence-electron chi connectivity index (χ4n) is 1.55. The van der Waals surface area contributed by atoms with E-state index in [4.69, 9.17) is 28.3 Å². The number of pyridine rings is 1. The van der Waals surface area contributed by atoms with Gasteiger partial charge < -0.3 is 10.4 Å². The Morgan fingerprint density at radius 1 is 1.33 bits per heavy atom. The minimum Gasteiger partial charge on any atom is -0.478 e. The second-order valence-electron chi connectivity index (χ2n) is 3.87. The van der Waals surface area contributed by atoms with Crippen molar-refractivity contribution in [2.75, 3.05) is 5.32 Å². The van der Waals surface area contributed by atoms with Crippen molar-refractivity contribution >= 4 is 46.4 Å². The summed E-state index contributed by atoms with van der Waals surface area (Å²) in [6.07, 6.45) is 0.944. The van der Waals surface area contributed by atoms with E-state index in [2.05, 4.69) is 10.3 Å². The highest BCUT2D eigenvalue weighted by Crippen LogP contribution is 2.33. The molecule has 0 unspecified atom stereocenters. The smallest absolute Gasteiger partial charge is 0.339 e. The molecule has 108 valence electrons. The molecule has 0 aliphatic rings. The average Bonchev–Trinajstić information content (AvgIpc) is 2.42. The first kappa shape index (κ1) is 15.0. The quantitative estimate of drug-likeness (QED) is 0.654. The number of benzene rings is 1. The molecule has 2 N–H and O–H groups in total. The zero-order valence-corrected chi connectivity index (χ0v) is 11.7. The molecule has 0 bridgehead atoms. The molecule has 2 aromatic rings. The molecule has 0 saturated carbocycles. The lowest BCUT2D eigenvalue weighted by Gasteiger charge is -2.11. The van der Waals surface area contributed by atoms with Crippen molar-refractivity contribution in [1.29, 1.82) is 0 Å². The van der Waals surface area contributed by atoms with Gasteiger partial charge in [0.05, 0.1) is 20.7 Å². The van der Waals surface area contributed by atoms with Gasteiger partial charge in [0.15, 0.2) is 0 Å². The molecule has 2 rings (SSSR count). The number of hydrogen-bond donors (Lipinski definition) is 2. The number of nitrogens with zero attached hydrogens (tertiary/aromatic N) is 2. The standard InChI is InChI=1S/C12H7Cl2N3O4/c13-8-2-1-3-9(14)10(8)16-11-7(12(18)19)4-6(5-15-11)17(20)21/h1-5H,(H,15,16)(H,18,19). The van der Waals surface area contributed by atoms with Gasteiger partial charge in [0.1, 0.15) is 17.6 Å². The summed E-state index contributed by atoms with van der Waals surface area (Å²) in [4.78, 5) is 24.9. The SMILES string of the molecule is O=C(O)c1cc([N+](=O)[O-])cnc1Nc1c(Cl)cccc1Cl. The van der Waals surface area contributed by atoms with E-state index in [0.717, 1.165) is 12.3 Å². The number of aromatic nitrogens is 1. The molecular formula is C12H7Cl2N3O4. The van der Waals surface area contributed by atoms with Crippen LogP contribution in [0.3, 0.4) is 0 Å². The van der Waals surface area contributed by atoms with Crippen LogP contribution in [0.25, 0.3) is 0 Å². The van der Waals surface area contributed by atoms with E-state index < -0.39 is 16.6 Å². The Hall–Kier alpha value is -2.38. The molecule has 9 heteroatoms.